The molecule has 1 aromatic rings. The first-order valence-corrected chi connectivity index (χ1v) is 7.24. The molecule has 5 heteroatoms. The fraction of sp³-hybridized carbons (Fsp3) is 0.643. The smallest absolute Gasteiger partial charge is 0.217 e. The number of nitrogens with zero attached hydrogens (tertiary/aromatic N) is 2. The summed E-state index contributed by atoms with van der Waals surface area (Å²) in [7, 11) is 1.66. The van der Waals surface area contributed by atoms with E-state index in [4.69, 9.17) is 21.1 Å². The van der Waals surface area contributed by atoms with Gasteiger partial charge in [-0.1, -0.05) is 6.07 Å². The van der Waals surface area contributed by atoms with E-state index >= 15 is 0 Å². The number of rotatable bonds is 6. The number of halogens is 1. The van der Waals surface area contributed by atoms with Crippen molar-refractivity contribution in [2.45, 2.75) is 25.5 Å². The lowest BCUT2D eigenvalue weighted by molar-refractivity contribution is 0.0133. The molecule has 19 heavy (non-hydrogen) atoms. The van der Waals surface area contributed by atoms with Crippen LogP contribution in [-0.2, 0) is 11.3 Å². The monoisotopic (exact) mass is 284 g/mol. The highest BCUT2D eigenvalue weighted by Crippen LogP contribution is 2.20. The van der Waals surface area contributed by atoms with Crippen LogP contribution in [0.4, 0.5) is 0 Å². The number of likely N-dealkylation sites (tertiary alicyclic amines) is 1. The van der Waals surface area contributed by atoms with Crippen LogP contribution in [-0.4, -0.2) is 48.7 Å². The molecule has 2 rings (SSSR count). The molecule has 0 bridgehead atoms. The molecule has 0 N–H and O–H groups in total. The van der Waals surface area contributed by atoms with Crippen molar-refractivity contribution in [3.8, 4) is 5.88 Å². The number of alkyl halides is 1. The van der Waals surface area contributed by atoms with Gasteiger partial charge in [-0.15, -0.1) is 11.6 Å². The second kappa shape index (κ2) is 7.68. The van der Waals surface area contributed by atoms with Gasteiger partial charge in [0.25, 0.3) is 0 Å². The highest BCUT2D eigenvalue weighted by Gasteiger charge is 2.20. The minimum atomic E-state index is 0.366. The summed E-state index contributed by atoms with van der Waals surface area (Å²) in [6, 6.07) is 4.02. The molecule has 1 aromatic heterocycles. The standard InChI is InChI=1S/C14H21ClN2O2/c1-18-14-12(3-2-7-16-14)11-17-8-4-13(5-9-17)19-10-6-15/h2-3,7,13H,4-6,8-11H2,1H3. The zero-order valence-electron chi connectivity index (χ0n) is 11.3. The third-order valence-electron chi connectivity index (χ3n) is 3.40. The van der Waals surface area contributed by atoms with E-state index in [2.05, 4.69) is 16.0 Å². The van der Waals surface area contributed by atoms with Crippen molar-refractivity contribution in [1.82, 2.24) is 9.88 Å². The van der Waals surface area contributed by atoms with Crippen LogP contribution in [0, 0.1) is 0 Å². The third-order valence-corrected chi connectivity index (χ3v) is 3.56. The van der Waals surface area contributed by atoms with Gasteiger partial charge in [0.1, 0.15) is 0 Å². The Morgan fingerprint density at radius 3 is 2.89 bits per heavy atom. The van der Waals surface area contributed by atoms with Crippen molar-refractivity contribution >= 4 is 11.6 Å². The third kappa shape index (κ3) is 4.34. The molecule has 0 aromatic carbocycles. The molecule has 106 valence electrons. The summed E-state index contributed by atoms with van der Waals surface area (Å²) in [6.45, 7) is 3.64. The fourth-order valence-corrected chi connectivity index (χ4v) is 2.50. The first kappa shape index (κ1) is 14.6. The van der Waals surface area contributed by atoms with Gasteiger partial charge in [0.2, 0.25) is 5.88 Å². The van der Waals surface area contributed by atoms with Crippen molar-refractivity contribution in [3.63, 3.8) is 0 Å². The van der Waals surface area contributed by atoms with Crippen molar-refractivity contribution < 1.29 is 9.47 Å². The fourth-order valence-electron chi connectivity index (χ4n) is 2.41. The molecule has 0 radical (unpaired) electrons. The Bertz CT molecular complexity index is 381. The second-order valence-electron chi connectivity index (χ2n) is 4.71. The van der Waals surface area contributed by atoms with Gasteiger partial charge in [0.15, 0.2) is 0 Å². The maximum absolute atomic E-state index is 5.68. The molecule has 2 heterocycles. The highest BCUT2D eigenvalue weighted by atomic mass is 35.5. The van der Waals surface area contributed by atoms with Crippen molar-refractivity contribution in [2.24, 2.45) is 0 Å². The molecule has 0 aliphatic carbocycles. The van der Waals surface area contributed by atoms with Gasteiger partial charge in [-0.3, -0.25) is 4.90 Å². The van der Waals surface area contributed by atoms with E-state index in [-0.39, 0.29) is 0 Å². The SMILES string of the molecule is COc1ncccc1CN1CCC(OCCCl)CC1. The lowest BCUT2D eigenvalue weighted by Crippen LogP contribution is -2.36. The zero-order valence-corrected chi connectivity index (χ0v) is 12.1. The zero-order chi connectivity index (χ0) is 13.5. The van der Waals surface area contributed by atoms with E-state index in [1.54, 1.807) is 13.3 Å². The predicted molar refractivity (Wildman–Crippen MR) is 75.8 cm³/mol. The van der Waals surface area contributed by atoms with Crippen LogP contribution in [0.3, 0.4) is 0 Å². The Morgan fingerprint density at radius 2 is 2.21 bits per heavy atom. The van der Waals surface area contributed by atoms with Gasteiger partial charge >= 0.3 is 0 Å². The number of hydrogen-bond donors (Lipinski definition) is 0. The lowest BCUT2D eigenvalue weighted by atomic mass is 10.1. The Balaban J connectivity index is 1.82. The van der Waals surface area contributed by atoms with Gasteiger partial charge < -0.3 is 9.47 Å². The number of aromatic nitrogens is 1. The molecule has 0 unspecified atom stereocenters. The van der Waals surface area contributed by atoms with Crippen LogP contribution < -0.4 is 4.74 Å². The average Bonchev–Trinajstić information content (AvgIpc) is 2.47. The second-order valence-corrected chi connectivity index (χ2v) is 5.09. The molecule has 1 fully saturated rings. The molecule has 0 amide bonds. The minimum Gasteiger partial charge on any atom is -0.481 e. The molecule has 0 saturated carbocycles. The quantitative estimate of drug-likeness (QED) is 0.751. The van der Waals surface area contributed by atoms with Crippen molar-refractivity contribution in [1.29, 1.82) is 0 Å². The largest absolute Gasteiger partial charge is 0.481 e. The summed E-state index contributed by atoms with van der Waals surface area (Å²) < 4.78 is 11.0. The summed E-state index contributed by atoms with van der Waals surface area (Å²) in [5, 5.41) is 0. The van der Waals surface area contributed by atoms with Crippen LogP contribution in [0.5, 0.6) is 5.88 Å². The van der Waals surface area contributed by atoms with Gasteiger partial charge in [0, 0.05) is 37.3 Å². The number of methoxy groups -OCH3 is 1. The van der Waals surface area contributed by atoms with E-state index in [1.807, 2.05) is 6.07 Å². The van der Waals surface area contributed by atoms with Crippen LogP contribution in [0.15, 0.2) is 18.3 Å². The Labute approximate surface area is 119 Å². The molecule has 4 nitrogen and oxygen atoms in total. The van der Waals surface area contributed by atoms with E-state index in [1.165, 1.54) is 0 Å². The van der Waals surface area contributed by atoms with Crippen LogP contribution in [0.2, 0.25) is 0 Å². The number of ether oxygens (including phenoxy) is 2. The van der Waals surface area contributed by atoms with Gasteiger partial charge in [-0.05, 0) is 18.9 Å². The first-order valence-electron chi connectivity index (χ1n) is 6.71. The van der Waals surface area contributed by atoms with Gasteiger partial charge in [-0.2, -0.15) is 0 Å². The molecule has 0 spiro atoms. The molecule has 0 atom stereocenters. The summed E-state index contributed by atoms with van der Waals surface area (Å²) >= 11 is 5.63. The lowest BCUT2D eigenvalue weighted by Gasteiger charge is -2.31. The number of hydrogen-bond acceptors (Lipinski definition) is 4. The van der Waals surface area contributed by atoms with E-state index in [9.17, 15) is 0 Å². The summed E-state index contributed by atoms with van der Waals surface area (Å²) in [5.41, 5.74) is 1.14. The van der Waals surface area contributed by atoms with Gasteiger partial charge in [0.05, 0.1) is 19.8 Å². The topological polar surface area (TPSA) is 34.6 Å². The highest BCUT2D eigenvalue weighted by molar-refractivity contribution is 6.17. The van der Waals surface area contributed by atoms with E-state index < -0.39 is 0 Å². The Hall–Kier alpha value is -0.840. The first-order chi connectivity index (χ1) is 9.33. The van der Waals surface area contributed by atoms with Crippen LogP contribution in [0.1, 0.15) is 18.4 Å². The molecular weight excluding hydrogens is 264 g/mol. The Morgan fingerprint density at radius 1 is 1.42 bits per heavy atom. The Kier molecular flexibility index (Phi) is 5.89. The molecule has 1 saturated heterocycles. The van der Waals surface area contributed by atoms with E-state index in [0.717, 1.165) is 43.9 Å². The normalized spacial score (nSPS) is 17.6. The molecular formula is C14H21ClN2O2. The summed E-state index contributed by atoms with van der Waals surface area (Å²) in [6.07, 6.45) is 4.26. The van der Waals surface area contributed by atoms with Crippen molar-refractivity contribution in [3.05, 3.63) is 23.9 Å². The maximum Gasteiger partial charge on any atom is 0.217 e. The minimum absolute atomic E-state index is 0.366. The van der Waals surface area contributed by atoms with Crippen LogP contribution in [0.25, 0.3) is 0 Å². The molecule has 1 aliphatic rings. The van der Waals surface area contributed by atoms with Crippen LogP contribution >= 0.6 is 11.6 Å². The number of pyridine rings is 1. The van der Waals surface area contributed by atoms with Gasteiger partial charge in [-0.25, -0.2) is 4.98 Å². The number of piperidine rings is 1. The van der Waals surface area contributed by atoms with Crippen molar-refractivity contribution in [2.75, 3.05) is 32.7 Å². The van der Waals surface area contributed by atoms with E-state index in [0.29, 0.717) is 18.6 Å². The predicted octanol–water partition coefficient (Wildman–Crippen LogP) is 2.31. The average molecular weight is 285 g/mol. The maximum atomic E-state index is 5.68. The summed E-state index contributed by atoms with van der Waals surface area (Å²) in [4.78, 5) is 6.65. The molecule has 1 aliphatic heterocycles. The summed E-state index contributed by atoms with van der Waals surface area (Å²) in [5.74, 6) is 1.30.